The highest BCUT2D eigenvalue weighted by atomic mass is 16.1. The van der Waals surface area contributed by atoms with E-state index in [0.29, 0.717) is 12.1 Å². The molecule has 3 aromatic rings. The second kappa shape index (κ2) is 7.43. The third-order valence-electron chi connectivity index (χ3n) is 5.53. The van der Waals surface area contributed by atoms with Crippen molar-refractivity contribution in [2.24, 2.45) is 0 Å². The van der Waals surface area contributed by atoms with Gasteiger partial charge in [0.05, 0.1) is 11.1 Å². The molecule has 0 unspecified atom stereocenters. The van der Waals surface area contributed by atoms with Gasteiger partial charge in [0.15, 0.2) is 0 Å². The van der Waals surface area contributed by atoms with Crippen molar-refractivity contribution in [1.82, 2.24) is 15.3 Å². The second-order valence-electron chi connectivity index (χ2n) is 7.36. The molecule has 1 aliphatic heterocycles. The molecule has 4 rings (SSSR count). The van der Waals surface area contributed by atoms with Crippen molar-refractivity contribution in [2.75, 3.05) is 18.0 Å². The van der Waals surface area contributed by atoms with Gasteiger partial charge in [-0.1, -0.05) is 18.2 Å². The molecule has 0 aliphatic carbocycles. The Bertz CT molecular complexity index is 952. The van der Waals surface area contributed by atoms with Gasteiger partial charge in [-0.15, -0.1) is 0 Å². The number of pyridine rings is 1. The van der Waals surface area contributed by atoms with Gasteiger partial charge in [0, 0.05) is 36.9 Å². The number of aromatic amines is 1. The number of carbonyl (C=O) groups is 1. The highest BCUT2D eigenvalue weighted by Gasteiger charge is 2.14. The highest BCUT2D eigenvalue weighted by Crippen LogP contribution is 2.24. The number of rotatable bonds is 4. The number of fused-ring (bicyclic) bond motifs is 1. The molecule has 5 heteroatoms. The van der Waals surface area contributed by atoms with Crippen LogP contribution in [-0.2, 0) is 6.54 Å². The maximum absolute atomic E-state index is 12.7. The summed E-state index contributed by atoms with van der Waals surface area (Å²) < 4.78 is 0. The van der Waals surface area contributed by atoms with Gasteiger partial charge in [-0.3, -0.25) is 4.79 Å². The maximum Gasteiger partial charge on any atom is 0.253 e. The summed E-state index contributed by atoms with van der Waals surface area (Å²) in [5, 5.41) is 4.13. The molecule has 0 saturated carbocycles. The monoisotopic (exact) mass is 362 g/mol. The van der Waals surface area contributed by atoms with Crippen LogP contribution in [0, 0.1) is 13.8 Å². The van der Waals surface area contributed by atoms with Gasteiger partial charge in [-0.05, 0) is 56.4 Å². The van der Waals surface area contributed by atoms with Gasteiger partial charge in [0.25, 0.3) is 5.91 Å². The minimum absolute atomic E-state index is 0.0676. The molecule has 1 fully saturated rings. The zero-order valence-electron chi connectivity index (χ0n) is 16.0. The van der Waals surface area contributed by atoms with Crippen LogP contribution in [0.15, 0.2) is 36.5 Å². The summed E-state index contributed by atoms with van der Waals surface area (Å²) in [5.74, 6) is 0.967. The van der Waals surface area contributed by atoms with Crippen molar-refractivity contribution in [3.05, 3.63) is 58.9 Å². The first-order valence-electron chi connectivity index (χ1n) is 9.69. The summed E-state index contributed by atoms with van der Waals surface area (Å²) in [6.45, 7) is 6.75. The van der Waals surface area contributed by atoms with Crippen molar-refractivity contribution >= 4 is 22.6 Å². The van der Waals surface area contributed by atoms with Crippen molar-refractivity contribution in [2.45, 2.75) is 39.7 Å². The molecule has 1 saturated heterocycles. The van der Waals surface area contributed by atoms with E-state index in [1.165, 1.54) is 24.8 Å². The first kappa shape index (κ1) is 17.6. The predicted molar refractivity (Wildman–Crippen MR) is 109 cm³/mol. The topological polar surface area (TPSA) is 61.0 Å². The van der Waals surface area contributed by atoms with E-state index in [-0.39, 0.29) is 5.91 Å². The fraction of sp³-hybridized carbons (Fsp3) is 0.364. The number of aromatic nitrogens is 2. The lowest BCUT2D eigenvalue weighted by molar-refractivity contribution is 0.0952. The molecule has 0 atom stereocenters. The lowest BCUT2D eigenvalue weighted by Crippen LogP contribution is -2.30. The van der Waals surface area contributed by atoms with Gasteiger partial charge in [-0.25, -0.2) is 4.98 Å². The molecule has 1 aromatic carbocycles. The van der Waals surface area contributed by atoms with E-state index in [1.54, 1.807) is 0 Å². The molecule has 5 nitrogen and oxygen atoms in total. The molecule has 0 bridgehead atoms. The number of H-pyrrole nitrogens is 1. The molecule has 3 heterocycles. The number of hydrogen-bond acceptors (Lipinski definition) is 3. The van der Waals surface area contributed by atoms with E-state index in [2.05, 4.69) is 39.2 Å². The Morgan fingerprint density at radius 1 is 1.15 bits per heavy atom. The number of para-hydroxylation sites is 1. The summed E-state index contributed by atoms with van der Waals surface area (Å²) in [4.78, 5) is 23.0. The van der Waals surface area contributed by atoms with Crippen LogP contribution in [0.3, 0.4) is 0 Å². The van der Waals surface area contributed by atoms with Crippen LogP contribution < -0.4 is 10.2 Å². The van der Waals surface area contributed by atoms with Crippen molar-refractivity contribution in [3.63, 3.8) is 0 Å². The third-order valence-corrected chi connectivity index (χ3v) is 5.53. The molecule has 27 heavy (non-hydrogen) atoms. The van der Waals surface area contributed by atoms with Crippen molar-refractivity contribution in [3.8, 4) is 0 Å². The number of nitrogens with one attached hydrogen (secondary N) is 2. The minimum Gasteiger partial charge on any atom is -0.358 e. The summed E-state index contributed by atoms with van der Waals surface area (Å²) in [7, 11) is 0. The van der Waals surface area contributed by atoms with E-state index >= 15 is 0 Å². The summed E-state index contributed by atoms with van der Waals surface area (Å²) in [6.07, 6.45) is 5.66. The normalized spacial score (nSPS) is 14.5. The van der Waals surface area contributed by atoms with Crippen LogP contribution in [0.2, 0.25) is 0 Å². The average Bonchev–Trinajstić information content (AvgIpc) is 3.01. The first-order chi connectivity index (χ1) is 13.1. The SMILES string of the molecule is Cc1[nH]c2c(C(=O)NCc3ccc(N4CCCCC4)nc3)cccc2c1C. The summed E-state index contributed by atoms with van der Waals surface area (Å²) in [6, 6.07) is 9.97. The number of aryl methyl sites for hydroxylation is 2. The number of benzene rings is 1. The molecular formula is C22H26N4O. The number of nitrogens with zero attached hydrogens (tertiary/aromatic N) is 2. The Morgan fingerprint density at radius 3 is 2.70 bits per heavy atom. The molecule has 1 amide bonds. The molecule has 0 radical (unpaired) electrons. The lowest BCUT2D eigenvalue weighted by Gasteiger charge is -2.27. The van der Waals surface area contributed by atoms with Crippen molar-refractivity contribution < 1.29 is 4.79 Å². The molecule has 0 spiro atoms. The molecular weight excluding hydrogens is 336 g/mol. The van der Waals surface area contributed by atoms with E-state index in [9.17, 15) is 4.79 Å². The lowest BCUT2D eigenvalue weighted by atomic mass is 10.1. The van der Waals surface area contributed by atoms with E-state index < -0.39 is 0 Å². The Labute approximate surface area is 159 Å². The van der Waals surface area contributed by atoms with Crippen LogP contribution in [0.4, 0.5) is 5.82 Å². The summed E-state index contributed by atoms with van der Waals surface area (Å²) in [5.41, 5.74) is 4.89. The van der Waals surface area contributed by atoms with Crippen LogP contribution in [0.25, 0.3) is 10.9 Å². The fourth-order valence-electron chi connectivity index (χ4n) is 3.78. The smallest absolute Gasteiger partial charge is 0.253 e. The summed E-state index contributed by atoms with van der Waals surface area (Å²) >= 11 is 0. The Morgan fingerprint density at radius 2 is 1.96 bits per heavy atom. The molecule has 2 N–H and O–H groups in total. The Balaban J connectivity index is 1.44. The standard InChI is InChI=1S/C22H26N4O/c1-15-16(2)25-21-18(15)7-6-8-19(21)22(27)24-14-17-9-10-20(23-13-17)26-11-4-3-5-12-26/h6-10,13,25H,3-5,11-12,14H2,1-2H3,(H,24,27). The van der Waals surface area contributed by atoms with E-state index in [1.807, 2.05) is 31.3 Å². The van der Waals surface area contributed by atoms with Gasteiger partial charge in [0.1, 0.15) is 5.82 Å². The quantitative estimate of drug-likeness (QED) is 0.734. The number of hydrogen-bond donors (Lipinski definition) is 2. The fourth-order valence-corrected chi connectivity index (χ4v) is 3.78. The zero-order chi connectivity index (χ0) is 18.8. The van der Waals surface area contributed by atoms with Crippen molar-refractivity contribution in [1.29, 1.82) is 0 Å². The predicted octanol–water partition coefficient (Wildman–Crippen LogP) is 4.10. The van der Waals surface area contributed by atoms with E-state index in [0.717, 1.165) is 41.1 Å². The van der Waals surface area contributed by atoms with E-state index in [4.69, 9.17) is 0 Å². The average molecular weight is 362 g/mol. The molecule has 140 valence electrons. The molecule has 1 aliphatic rings. The first-order valence-corrected chi connectivity index (χ1v) is 9.69. The van der Waals surface area contributed by atoms with Gasteiger partial charge < -0.3 is 15.2 Å². The highest BCUT2D eigenvalue weighted by molar-refractivity contribution is 6.06. The second-order valence-corrected chi connectivity index (χ2v) is 7.36. The van der Waals surface area contributed by atoms with Gasteiger partial charge in [0.2, 0.25) is 0 Å². The van der Waals surface area contributed by atoms with Gasteiger partial charge >= 0.3 is 0 Å². The van der Waals surface area contributed by atoms with Crippen LogP contribution in [0.5, 0.6) is 0 Å². The number of amides is 1. The van der Waals surface area contributed by atoms with Crippen LogP contribution in [-0.4, -0.2) is 29.0 Å². The number of piperidine rings is 1. The van der Waals surface area contributed by atoms with Crippen LogP contribution in [0.1, 0.15) is 46.4 Å². The van der Waals surface area contributed by atoms with Crippen LogP contribution >= 0.6 is 0 Å². The zero-order valence-corrected chi connectivity index (χ0v) is 16.0. The number of carbonyl (C=O) groups excluding carboxylic acids is 1. The minimum atomic E-state index is -0.0676. The third kappa shape index (κ3) is 3.54. The Hall–Kier alpha value is -2.82. The maximum atomic E-state index is 12.7. The molecule has 2 aromatic heterocycles. The largest absolute Gasteiger partial charge is 0.358 e. The number of anilines is 1. The Kier molecular flexibility index (Phi) is 4.84. The van der Waals surface area contributed by atoms with Gasteiger partial charge in [-0.2, -0.15) is 0 Å².